The van der Waals surface area contributed by atoms with Crippen molar-refractivity contribution >= 4 is 11.6 Å². The second-order valence-electron chi connectivity index (χ2n) is 4.64. The van der Waals surface area contributed by atoms with Crippen LogP contribution in [0.2, 0.25) is 0 Å². The predicted molar refractivity (Wildman–Crippen MR) is 75.7 cm³/mol. The fraction of sp³-hybridized carbons (Fsp3) is 0.500. The molecule has 0 aliphatic carbocycles. The summed E-state index contributed by atoms with van der Waals surface area (Å²) >= 11 is 0. The highest BCUT2D eigenvalue weighted by molar-refractivity contribution is 5.91. The third-order valence-electron chi connectivity index (χ3n) is 3.02. The van der Waals surface area contributed by atoms with E-state index in [1.165, 1.54) is 4.90 Å². The zero-order valence-electron chi connectivity index (χ0n) is 11.9. The first-order chi connectivity index (χ1) is 9.85. The van der Waals surface area contributed by atoms with Gasteiger partial charge in [-0.1, -0.05) is 25.1 Å². The lowest BCUT2D eigenvalue weighted by Crippen LogP contribution is -2.36. The summed E-state index contributed by atoms with van der Waals surface area (Å²) in [5.74, 6) is -0.323. The lowest BCUT2D eigenvalue weighted by Gasteiger charge is -2.21. The third kappa shape index (κ3) is 6.59. The summed E-state index contributed by atoms with van der Waals surface area (Å²) in [6.45, 7) is 1.22. The maximum absolute atomic E-state index is 12.3. The van der Waals surface area contributed by atoms with Gasteiger partial charge >= 0.3 is 6.18 Å². The van der Waals surface area contributed by atoms with E-state index in [-0.39, 0.29) is 32.0 Å². The number of benzene rings is 1. The van der Waals surface area contributed by atoms with Crippen molar-refractivity contribution in [2.75, 3.05) is 25.0 Å². The molecule has 0 radical (unpaired) electrons. The summed E-state index contributed by atoms with van der Waals surface area (Å²) in [6, 6.07) is 7.07. The van der Waals surface area contributed by atoms with E-state index in [0.717, 1.165) is 5.56 Å². The van der Waals surface area contributed by atoms with Gasteiger partial charge in [0.25, 0.3) is 0 Å². The summed E-state index contributed by atoms with van der Waals surface area (Å²) in [7, 11) is 0. The third-order valence-corrected chi connectivity index (χ3v) is 3.02. The number of nitrogens with two attached hydrogens (primary N) is 1. The molecule has 0 saturated carbocycles. The van der Waals surface area contributed by atoms with Gasteiger partial charge in [-0.25, -0.2) is 0 Å². The fourth-order valence-electron chi connectivity index (χ4n) is 1.90. The van der Waals surface area contributed by atoms with Gasteiger partial charge in [-0.2, -0.15) is 13.2 Å². The number of para-hydroxylation sites is 1. The SMILES string of the molecule is CCN(CCC(=O)Nc1ccccc1CN)CC(F)(F)F. The molecule has 0 bridgehead atoms. The van der Waals surface area contributed by atoms with Gasteiger partial charge in [-0.05, 0) is 18.2 Å². The van der Waals surface area contributed by atoms with E-state index >= 15 is 0 Å². The molecular formula is C14H20F3N3O. The lowest BCUT2D eigenvalue weighted by atomic mass is 10.1. The first-order valence-corrected chi connectivity index (χ1v) is 6.72. The van der Waals surface area contributed by atoms with Crippen molar-refractivity contribution in [1.82, 2.24) is 4.90 Å². The molecule has 1 rings (SSSR count). The smallest absolute Gasteiger partial charge is 0.326 e. The molecule has 0 heterocycles. The number of nitrogens with zero attached hydrogens (tertiary/aromatic N) is 1. The van der Waals surface area contributed by atoms with Crippen molar-refractivity contribution in [2.24, 2.45) is 5.73 Å². The normalized spacial score (nSPS) is 11.7. The molecule has 4 nitrogen and oxygen atoms in total. The molecule has 21 heavy (non-hydrogen) atoms. The predicted octanol–water partition coefficient (Wildman–Crippen LogP) is 2.36. The van der Waals surface area contributed by atoms with Crippen molar-refractivity contribution in [1.29, 1.82) is 0 Å². The van der Waals surface area contributed by atoms with Crippen LogP contribution in [0.25, 0.3) is 0 Å². The van der Waals surface area contributed by atoms with Crippen molar-refractivity contribution in [3.63, 3.8) is 0 Å². The summed E-state index contributed by atoms with van der Waals surface area (Å²) in [5, 5.41) is 2.68. The summed E-state index contributed by atoms with van der Waals surface area (Å²) in [4.78, 5) is 13.0. The molecule has 0 spiro atoms. The van der Waals surface area contributed by atoms with Gasteiger partial charge in [-0.15, -0.1) is 0 Å². The number of halogens is 3. The van der Waals surface area contributed by atoms with Crippen LogP contribution in [0.5, 0.6) is 0 Å². The van der Waals surface area contributed by atoms with Crippen LogP contribution in [0.4, 0.5) is 18.9 Å². The number of anilines is 1. The number of rotatable bonds is 7. The van der Waals surface area contributed by atoms with E-state index in [0.29, 0.717) is 5.69 Å². The quantitative estimate of drug-likeness (QED) is 0.813. The topological polar surface area (TPSA) is 58.4 Å². The number of nitrogens with one attached hydrogen (secondary N) is 1. The van der Waals surface area contributed by atoms with Gasteiger partial charge in [0.15, 0.2) is 0 Å². The van der Waals surface area contributed by atoms with Gasteiger partial charge < -0.3 is 11.1 Å². The largest absolute Gasteiger partial charge is 0.401 e. The number of carbonyl (C=O) groups is 1. The van der Waals surface area contributed by atoms with Gasteiger partial charge in [0.2, 0.25) is 5.91 Å². The van der Waals surface area contributed by atoms with Crippen molar-refractivity contribution in [2.45, 2.75) is 26.1 Å². The summed E-state index contributed by atoms with van der Waals surface area (Å²) in [6.07, 6.45) is -4.25. The molecular weight excluding hydrogens is 283 g/mol. The summed E-state index contributed by atoms with van der Waals surface area (Å²) in [5.41, 5.74) is 6.94. The number of alkyl halides is 3. The van der Waals surface area contributed by atoms with E-state index in [2.05, 4.69) is 5.32 Å². The number of amides is 1. The Balaban J connectivity index is 2.50. The molecule has 1 amide bonds. The molecule has 1 aromatic carbocycles. The molecule has 7 heteroatoms. The monoisotopic (exact) mass is 303 g/mol. The van der Waals surface area contributed by atoms with E-state index < -0.39 is 12.7 Å². The van der Waals surface area contributed by atoms with Crippen molar-refractivity contribution in [3.8, 4) is 0 Å². The number of hydrogen-bond donors (Lipinski definition) is 2. The highest BCUT2D eigenvalue weighted by Gasteiger charge is 2.30. The van der Waals surface area contributed by atoms with Crippen LogP contribution in [-0.2, 0) is 11.3 Å². The van der Waals surface area contributed by atoms with E-state index in [9.17, 15) is 18.0 Å². The first-order valence-electron chi connectivity index (χ1n) is 6.72. The molecule has 0 fully saturated rings. The Kier molecular flexibility index (Phi) is 6.64. The van der Waals surface area contributed by atoms with E-state index in [1.54, 1.807) is 31.2 Å². The van der Waals surface area contributed by atoms with Crippen molar-refractivity contribution < 1.29 is 18.0 Å². The maximum atomic E-state index is 12.3. The van der Waals surface area contributed by atoms with Gasteiger partial charge in [-0.3, -0.25) is 9.69 Å². The minimum absolute atomic E-state index is 0.00280. The maximum Gasteiger partial charge on any atom is 0.401 e. The Morgan fingerprint density at radius 2 is 2.00 bits per heavy atom. The van der Waals surface area contributed by atoms with Crippen LogP contribution in [0.15, 0.2) is 24.3 Å². The van der Waals surface area contributed by atoms with Gasteiger partial charge in [0, 0.05) is 25.2 Å². The lowest BCUT2D eigenvalue weighted by molar-refractivity contribution is -0.146. The van der Waals surface area contributed by atoms with Gasteiger partial charge in [0.05, 0.1) is 6.54 Å². The molecule has 0 atom stereocenters. The minimum Gasteiger partial charge on any atom is -0.326 e. The Labute approximate surface area is 122 Å². The van der Waals surface area contributed by atoms with Crippen LogP contribution in [-0.4, -0.2) is 36.6 Å². The van der Waals surface area contributed by atoms with Gasteiger partial charge in [0.1, 0.15) is 0 Å². The molecule has 0 aromatic heterocycles. The second kappa shape index (κ2) is 7.99. The molecule has 1 aromatic rings. The van der Waals surface area contributed by atoms with Crippen LogP contribution in [0, 0.1) is 0 Å². The summed E-state index contributed by atoms with van der Waals surface area (Å²) < 4.78 is 36.9. The van der Waals surface area contributed by atoms with Crippen LogP contribution >= 0.6 is 0 Å². The number of carbonyl (C=O) groups excluding carboxylic acids is 1. The molecule has 0 saturated heterocycles. The highest BCUT2D eigenvalue weighted by atomic mass is 19.4. The van der Waals surface area contributed by atoms with E-state index in [4.69, 9.17) is 5.73 Å². The Morgan fingerprint density at radius 3 is 2.57 bits per heavy atom. The molecule has 0 unspecified atom stereocenters. The van der Waals surface area contributed by atoms with Crippen molar-refractivity contribution in [3.05, 3.63) is 29.8 Å². The van der Waals surface area contributed by atoms with Crippen LogP contribution in [0.1, 0.15) is 18.9 Å². The molecule has 118 valence electrons. The Bertz CT molecular complexity index is 463. The second-order valence-corrected chi connectivity index (χ2v) is 4.64. The average Bonchev–Trinajstić information content (AvgIpc) is 2.42. The Morgan fingerprint density at radius 1 is 1.33 bits per heavy atom. The van der Waals surface area contributed by atoms with Crippen LogP contribution in [0.3, 0.4) is 0 Å². The number of hydrogen-bond acceptors (Lipinski definition) is 3. The Hall–Kier alpha value is -1.60. The van der Waals surface area contributed by atoms with E-state index in [1.807, 2.05) is 0 Å². The molecule has 3 N–H and O–H groups in total. The minimum atomic E-state index is -4.25. The molecule has 0 aliphatic heterocycles. The standard InChI is InChI=1S/C14H20F3N3O/c1-2-20(10-14(15,16)17)8-7-13(21)19-12-6-4-3-5-11(12)9-18/h3-6H,2,7-10,18H2,1H3,(H,19,21). The van der Waals surface area contributed by atoms with Crippen LogP contribution < -0.4 is 11.1 Å². The highest BCUT2D eigenvalue weighted by Crippen LogP contribution is 2.17. The zero-order chi connectivity index (χ0) is 15.9. The first kappa shape index (κ1) is 17.5. The molecule has 0 aliphatic rings. The average molecular weight is 303 g/mol. The zero-order valence-corrected chi connectivity index (χ0v) is 11.9. The fourth-order valence-corrected chi connectivity index (χ4v) is 1.90.